The second-order valence-corrected chi connectivity index (χ2v) is 5.48. The van der Waals surface area contributed by atoms with Crippen molar-refractivity contribution in [2.75, 3.05) is 5.75 Å². The highest BCUT2D eigenvalue weighted by molar-refractivity contribution is 7.99. The van der Waals surface area contributed by atoms with Crippen LogP contribution in [0.15, 0.2) is 29.2 Å². The predicted octanol–water partition coefficient (Wildman–Crippen LogP) is 3.71. The molecule has 0 saturated heterocycles. The zero-order valence-corrected chi connectivity index (χ0v) is 10.6. The fourth-order valence-corrected chi connectivity index (χ4v) is 2.21. The van der Waals surface area contributed by atoms with Gasteiger partial charge in [-0.25, -0.2) is 4.39 Å². The smallest absolute Gasteiger partial charge is 0.123 e. The Kier molecular flexibility index (Phi) is 5.85. The fourth-order valence-electron chi connectivity index (χ4n) is 1.33. The Morgan fingerprint density at radius 2 is 1.81 bits per heavy atom. The van der Waals surface area contributed by atoms with E-state index in [1.54, 1.807) is 23.9 Å². The molecule has 90 valence electrons. The third-order valence-electron chi connectivity index (χ3n) is 2.33. The van der Waals surface area contributed by atoms with E-state index in [2.05, 4.69) is 13.8 Å². The molecular formula is C13H19FOS. The maximum atomic E-state index is 12.6. The van der Waals surface area contributed by atoms with E-state index in [-0.39, 0.29) is 11.9 Å². The van der Waals surface area contributed by atoms with Crippen LogP contribution in [0.1, 0.15) is 26.7 Å². The lowest BCUT2D eigenvalue weighted by molar-refractivity contribution is 0.180. The second-order valence-electron chi connectivity index (χ2n) is 4.39. The number of hydrogen-bond donors (Lipinski definition) is 1. The summed E-state index contributed by atoms with van der Waals surface area (Å²) in [5, 5.41) is 9.72. The van der Waals surface area contributed by atoms with E-state index in [0.717, 1.165) is 17.7 Å². The average molecular weight is 242 g/mol. The van der Waals surface area contributed by atoms with Gasteiger partial charge in [-0.15, -0.1) is 11.8 Å². The van der Waals surface area contributed by atoms with Crippen LogP contribution < -0.4 is 0 Å². The highest BCUT2D eigenvalue weighted by Gasteiger charge is 2.06. The summed E-state index contributed by atoms with van der Waals surface area (Å²) in [6, 6.07) is 6.38. The molecular weight excluding hydrogens is 223 g/mol. The summed E-state index contributed by atoms with van der Waals surface area (Å²) in [7, 11) is 0. The van der Waals surface area contributed by atoms with Crippen molar-refractivity contribution in [1.82, 2.24) is 0 Å². The summed E-state index contributed by atoms with van der Waals surface area (Å²) in [6.07, 6.45) is 1.62. The number of thioether (sulfide) groups is 1. The highest BCUT2D eigenvalue weighted by Crippen LogP contribution is 2.20. The molecule has 0 spiro atoms. The van der Waals surface area contributed by atoms with Gasteiger partial charge in [-0.3, -0.25) is 0 Å². The molecule has 1 unspecified atom stereocenters. The number of aliphatic hydroxyl groups is 1. The van der Waals surface area contributed by atoms with E-state index in [0.29, 0.717) is 11.7 Å². The van der Waals surface area contributed by atoms with Crippen molar-refractivity contribution in [1.29, 1.82) is 0 Å². The van der Waals surface area contributed by atoms with Crippen molar-refractivity contribution < 1.29 is 9.50 Å². The average Bonchev–Trinajstić information content (AvgIpc) is 2.25. The first-order valence-electron chi connectivity index (χ1n) is 5.64. The largest absolute Gasteiger partial charge is 0.392 e. The van der Waals surface area contributed by atoms with E-state index < -0.39 is 0 Å². The Morgan fingerprint density at radius 1 is 1.19 bits per heavy atom. The van der Waals surface area contributed by atoms with Crippen molar-refractivity contribution in [3.8, 4) is 0 Å². The molecule has 1 rings (SSSR count). The molecule has 0 fully saturated rings. The van der Waals surface area contributed by atoms with Gasteiger partial charge in [0.2, 0.25) is 0 Å². The standard InChI is InChI=1S/C13H19FOS/c1-10(2)3-6-12(15)9-16-13-7-4-11(14)5-8-13/h4-5,7-8,10,12,15H,3,6,9H2,1-2H3. The molecule has 0 aliphatic heterocycles. The Bertz CT molecular complexity index is 297. The lowest BCUT2D eigenvalue weighted by Gasteiger charge is -2.11. The Morgan fingerprint density at radius 3 is 2.38 bits per heavy atom. The predicted molar refractivity (Wildman–Crippen MR) is 67.2 cm³/mol. The first kappa shape index (κ1) is 13.5. The van der Waals surface area contributed by atoms with Crippen molar-refractivity contribution in [2.24, 2.45) is 5.92 Å². The van der Waals surface area contributed by atoms with Crippen molar-refractivity contribution in [3.63, 3.8) is 0 Å². The van der Waals surface area contributed by atoms with Crippen LogP contribution in [0.5, 0.6) is 0 Å². The molecule has 0 aliphatic rings. The fraction of sp³-hybridized carbons (Fsp3) is 0.538. The third-order valence-corrected chi connectivity index (χ3v) is 3.49. The normalized spacial score (nSPS) is 13.1. The molecule has 3 heteroatoms. The van der Waals surface area contributed by atoms with Crippen molar-refractivity contribution >= 4 is 11.8 Å². The first-order chi connectivity index (χ1) is 7.58. The van der Waals surface area contributed by atoms with Gasteiger partial charge in [-0.05, 0) is 43.0 Å². The van der Waals surface area contributed by atoms with Crippen LogP contribution in [0.25, 0.3) is 0 Å². The minimum atomic E-state index is -0.266. The summed E-state index contributed by atoms with van der Waals surface area (Å²) in [5.74, 6) is 1.09. The van der Waals surface area contributed by atoms with Gasteiger partial charge >= 0.3 is 0 Å². The van der Waals surface area contributed by atoms with Crippen molar-refractivity contribution in [3.05, 3.63) is 30.1 Å². The minimum Gasteiger partial charge on any atom is -0.392 e. The maximum Gasteiger partial charge on any atom is 0.123 e. The van der Waals surface area contributed by atoms with Crippen LogP contribution in [0.3, 0.4) is 0 Å². The Balaban J connectivity index is 2.26. The molecule has 1 aromatic carbocycles. The van der Waals surface area contributed by atoms with E-state index in [4.69, 9.17) is 0 Å². The SMILES string of the molecule is CC(C)CCC(O)CSc1ccc(F)cc1. The van der Waals surface area contributed by atoms with Gasteiger partial charge in [0.1, 0.15) is 5.82 Å². The summed E-state index contributed by atoms with van der Waals surface area (Å²) in [4.78, 5) is 1.00. The molecule has 0 aromatic heterocycles. The van der Waals surface area contributed by atoms with Gasteiger partial charge in [0.05, 0.1) is 6.10 Å². The van der Waals surface area contributed by atoms with Gasteiger partial charge in [-0.2, -0.15) is 0 Å². The quantitative estimate of drug-likeness (QED) is 0.767. The number of hydrogen-bond acceptors (Lipinski definition) is 2. The third kappa shape index (κ3) is 5.52. The number of benzene rings is 1. The molecule has 1 N–H and O–H groups in total. The zero-order valence-electron chi connectivity index (χ0n) is 9.82. The van der Waals surface area contributed by atoms with Crippen LogP contribution in [-0.2, 0) is 0 Å². The van der Waals surface area contributed by atoms with E-state index >= 15 is 0 Å². The molecule has 16 heavy (non-hydrogen) atoms. The molecule has 0 bridgehead atoms. The number of aliphatic hydroxyl groups excluding tert-OH is 1. The first-order valence-corrected chi connectivity index (χ1v) is 6.63. The summed E-state index contributed by atoms with van der Waals surface area (Å²) in [5.41, 5.74) is 0. The van der Waals surface area contributed by atoms with Gasteiger partial charge in [0, 0.05) is 10.6 Å². The van der Waals surface area contributed by atoms with E-state index in [1.807, 2.05) is 0 Å². The Labute approximate surface area is 101 Å². The molecule has 0 radical (unpaired) electrons. The van der Waals surface area contributed by atoms with Crippen molar-refractivity contribution in [2.45, 2.75) is 37.7 Å². The van der Waals surface area contributed by atoms with Gasteiger partial charge in [0.25, 0.3) is 0 Å². The molecule has 0 saturated carbocycles. The second kappa shape index (κ2) is 6.92. The number of halogens is 1. The number of rotatable bonds is 6. The summed E-state index contributed by atoms with van der Waals surface area (Å²) >= 11 is 1.57. The molecule has 1 aromatic rings. The highest BCUT2D eigenvalue weighted by atomic mass is 32.2. The van der Waals surface area contributed by atoms with Gasteiger partial charge < -0.3 is 5.11 Å². The van der Waals surface area contributed by atoms with Gasteiger partial charge in [0.15, 0.2) is 0 Å². The lowest BCUT2D eigenvalue weighted by Crippen LogP contribution is -2.10. The van der Waals surface area contributed by atoms with Crippen LogP contribution in [0, 0.1) is 11.7 Å². The topological polar surface area (TPSA) is 20.2 Å². The van der Waals surface area contributed by atoms with Gasteiger partial charge in [-0.1, -0.05) is 13.8 Å². The Hall–Kier alpha value is -0.540. The summed E-state index contributed by atoms with van der Waals surface area (Å²) < 4.78 is 12.6. The molecule has 0 aliphatic carbocycles. The van der Waals surface area contributed by atoms with Crippen LogP contribution in [0.4, 0.5) is 4.39 Å². The minimum absolute atomic E-state index is 0.218. The zero-order chi connectivity index (χ0) is 12.0. The van der Waals surface area contributed by atoms with E-state index in [9.17, 15) is 9.50 Å². The molecule has 1 atom stereocenters. The molecule has 0 heterocycles. The van der Waals surface area contributed by atoms with Crippen LogP contribution in [0.2, 0.25) is 0 Å². The molecule has 1 nitrogen and oxygen atoms in total. The van der Waals surface area contributed by atoms with Crippen LogP contribution >= 0.6 is 11.8 Å². The summed E-state index contributed by atoms with van der Waals surface area (Å²) in [6.45, 7) is 4.31. The lowest BCUT2D eigenvalue weighted by atomic mass is 10.1. The monoisotopic (exact) mass is 242 g/mol. The van der Waals surface area contributed by atoms with Crippen LogP contribution in [-0.4, -0.2) is 17.0 Å². The van der Waals surface area contributed by atoms with E-state index in [1.165, 1.54) is 12.1 Å². The molecule has 0 amide bonds. The maximum absolute atomic E-state index is 12.6.